The van der Waals surface area contributed by atoms with Crippen molar-refractivity contribution in [3.05, 3.63) is 29.3 Å². The predicted octanol–water partition coefficient (Wildman–Crippen LogP) is 2.43. The smallest absolute Gasteiger partial charge is 0.425 e. The molecule has 1 amide bonds. The summed E-state index contributed by atoms with van der Waals surface area (Å²) in [4.78, 5) is 11.7. The SMILES string of the molecule is C[C@H]1CNCC[C@@H]1NC(=O)C(F)(F)Oc1ccc(Cl)cc1. The maximum atomic E-state index is 13.8. The van der Waals surface area contributed by atoms with Crippen molar-refractivity contribution in [2.24, 2.45) is 5.92 Å². The van der Waals surface area contributed by atoms with Crippen LogP contribution in [0.25, 0.3) is 0 Å². The zero-order valence-corrected chi connectivity index (χ0v) is 12.3. The number of benzene rings is 1. The van der Waals surface area contributed by atoms with E-state index in [1.165, 1.54) is 24.3 Å². The zero-order valence-electron chi connectivity index (χ0n) is 11.5. The van der Waals surface area contributed by atoms with Gasteiger partial charge < -0.3 is 15.4 Å². The van der Waals surface area contributed by atoms with Crippen molar-refractivity contribution in [3.63, 3.8) is 0 Å². The second-order valence-corrected chi connectivity index (χ2v) is 5.56. The Hall–Kier alpha value is -1.40. The van der Waals surface area contributed by atoms with Crippen molar-refractivity contribution in [1.29, 1.82) is 0 Å². The van der Waals surface area contributed by atoms with Gasteiger partial charge in [-0.05, 0) is 49.7 Å². The number of piperidine rings is 1. The molecule has 4 nitrogen and oxygen atoms in total. The summed E-state index contributed by atoms with van der Waals surface area (Å²) in [6, 6.07) is 5.13. The molecule has 2 rings (SSSR count). The van der Waals surface area contributed by atoms with Crippen molar-refractivity contribution in [1.82, 2.24) is 10.6 Å². The van der Waals surface area contributed by atoms with Crippen molar-refractivity contribution < 1.29 is 18.3 Å². The van der Waals surface area contributed by atoms with E-state index in [9.17, 15) is 13.6 Å². The summed E-state index contributed by atoms with van der Waals surface area (Å²) >= 11 is 5.66. The van der Waals surface area contributed by atoms with Crippen LogP contribution < -0.4 is 15.4 Å². The van der Waals surface area contributed by atoms with E-state index in [1.807, 2.05) is 6.92 Å². The number of alkyl halides is 2. The van der Waals surface area contributed by atoms with Crippen LogP contribution in [0.3, 0.4) is 0 Å². The van der Waals surface area contributed by atoms with Crippen molar-refractivity contribution >= 4 is 17.5 Å². The summed E-state index contributed by atoms with van der Waals surface area (Å²) in [5.74, 6) is -1.44. The fourth-order valence-electron chi connectivity index (χ4n) is 2.18. The summed E-state index contributed by atoms with van der Waals surface area (Å²) in [7, 11) is 0. The van der Waals surface area contributed by atoms with Gasteiger partial charge in [-0.25, -0.2) is 0 Å². The van der Waals surface area contributed by atoms with Crippen LogP contribution in [-0.4, -0.2) is 31.1 Å². The molecule has 116 valence electrons. The summed E-state index contributed by atoms with van der Waals surface area (Å²) in [6.45, 7) is 3.28. The molecular weight excluding hydrogens is 302 g/mol. The molecule has 0 radical (unpaired) electrons. The monoisotopic (exact) mass is 318 g/mol. The molecule has 0 saturated carbocycles. The first-order valence-corrected chi connectivity index (χ1v) is 7.10. The van der Waals surface area contributed by atoms with Gasteiger partial charge in [-0.2, -0.15) is 8.78 Å². The highest BCUT2D eigenvalue weighted by molar-refractivity contribution is 6.30. The third-order valence-electron chi connectivity index (χ3n) is 3.43. The summed E-state index contributed by atoms with van der Waals surface area (Å²) in [5.41, 5.74) is 0. The van der Waals surface area contributed by atoms with Gasteiger partial charge in [-0.1, -0.05) is 18.5 Å². The third kappa shape index (κ3) is 4.28. The average molecular weight is 319 g/mol. The largest absolute Gasteiger partial charge is 0.482 e. The maximum Gasteiger partial charge on any atom is 0.482 e. The van der Waals surface area contributed by atoms with Gasteiger partial charge in [-0.3, -0.25) is 4.79 Å². The fraction of sp³-hybridized carbons (Fsp3) is 0.500. The number of ether oxygens (including phenoxy) is 1. The van der Waals surface area contributed by atoms with Gasteiger partial charge >= 0.3 is 12.0 Å². The van der Waals surface area contributed by atoms with E-state index in [0.29, 0.717) is 24.5 Å². The lowest BCUT2D eigenvalue weighted by Gasteiger charge is -2.31. The Bertz CT molecular complexity index is 496. The molecule has 1 aromatic carbocycles. The Labute approximate surface area is 126 Å². The minimum absolute atomic E-state index is 0.0917. The minimum Gasteiger partial charge on any atom is -0.425 e. The lowest BCUT2D eigenvalue weighted by atomic mass is 9.95. The van der Waals surface area contributed by atoms with Crippen LogP contribution in [0.4, 0.5) is 8.78 Å². The molecule has 1 fully saturated rings. The number of carbonyl (C=O) groups excluding carboxylic acids is 1. The second-order valence-electron chi connectivity index (χ2n) is 5.12. The molecule has 1 heterocycles. The van der Waals surface area contributed by atoms with Crippen LogP contribution in [0.1, 0.15) is 13.3 Å². The molecule has 7 heteroatoms. The van der Waals surface area contributed by atoms with Crippen molar-refractivity contribution in [2.45, 2.75) is 25.5 Å². The standard InChI is InChI=1S/C14H17ClF2N2O2/c1-9-8-18-7-6-12(9)19-13(20)14(16,17)21-11-4-2-10(15)3-5-11/h2-5,9,12,18H,6-8H2,1H3,(H,19,20)/t9-,12-/m0/s1. The number of hydrogen-bond donors (Lipinski definition) is 2. The van der Waals surface area contributed by atoms with E-state index in [2.05, 4.69) is 15.4 Å². The summed E-state index contributed by atoms with van der Waals surface area (Å²) in [5, 5.41) is 5.90. The number of amides is 1. The Kier molecular flexibility index (Phi) is 5.00. The highest BCUT2D eigenvalue weighted by atomic mass is 35.5. The van der Waals surface area contributed by atoms with Gasteiger partial charge in [-0.15, -0.1) is 0 Å². The van der Waals surface area contributed by atoms with E-state index >= 15 is 0 Å². The summed E-state index contributed by atoms with van der Waals surface area (Å²) in [6.07, 6.45) is -3.30. The summed E-state index contributed by atoms with van der Waals surface area (Å²) < 4.78 is 32.1. The molecule has 1 aliphatic rings. The highest BCUT2D eigenvalue weighted by Crippen LogP contribution is 2.24. The number of rotatable bonds is 4. The molecule has 2 atom stereocenters. The topological polar surface area (TPSA) is 50.4 Å². The first kappa shape index (κ1) is 16.0. The van der Waals surface area contributed by atoms with E-state index in [0.717, 1.165) is 0 Å². The van der Waals surface area contributed by atoms with Crippen LogP contribution in [0.5, 0.6) is 5.75 Å². The van der Waals surface area contributed by atoms with Crippen LogP contribution >= 0.6 is 11.6 Å². The Balaban J connectivity index is 1.97. The lowest BCUT2D eigenvalue weighted by molar-refractivity contribution is -0.194. The molecule has 0 spiro atoms. The molecule has 2 N–H and O–H groups in total. The van der Waals surface area contributed by atoms with Gasteiger partial charge in [0, 0.05) is 11.1 Å². The van der Waals surface area contributed by atoms with Gasteiger partial charge in [0.05, 0.1) is 0 Å². The first-order chi connectivity index (χ1) is 9.88. The molecule has 0 bridgehead atoms. The van der Waals surface area contributed by atoms with Crippen LogP contribution in [0, 0.1) is 5.92 Å². The molecule has 1 aliphatic heterocycles. The van der Waals surface area contributed by atoms with Crippen molar-refractivity contribution in [2.75, 3.05) is 13.1 Å². The Morgan fingerprint density at radius 1 is 1.43 bits per heavy atom. The molecule has 0 aliphatic carbocycles. The number of nitrogens with one attached hydrogen (secondary N) is 2. The Morgan fingerprint density at radius 3 is 2.71 bits per heavy atom. The molecular formula is C14H17ClF2N2O2. The van der Waals surface area contributed by atoms with Gasteiger partial charge in [0.1, 0.15) is 5.75 Å². The van der Waals surface area contributed by atoms with Gasteiger partial charge in [0.25, 0.3) is 0 Å². The predicted molar refractivity (Wildman–Crippen MR) is 75.6 cm³/mol. The molecule has 21 heavy (non-hydrogen) atoms. The molecule has 1 aromatic rings. The molecule has 1 saturated heterocycles. The molecule has 0 unspecified atom stereocenters. The van der Waals surface area contributed by atoms with E-state index in [1.54, 1.807) is 0 Å². The van der Waals surface area contributed by atoms with E-state index in [4.69, 9.17) is 11.6 Å². The average Bonchev–Trinajstić information content (AvgIpc) is 2.43. The quantitative estimate of drug-likeness (QED) is 0.896. The van der Waals surface area contributed by atoms with Crippen LogP contribution in [-0.2, 0) is 4.79 Å². The van der Waals surface area contributed by atoms with E-state index in [-0.39, 0.29) is 17.7 Å². The third-order valence-corrected chi connectivity index (χ3v) is 3.68. The first-order valence-electron chi connectivity index (χ1n) is 6.72. The number of hydrogen-bond acceptors (Lipinski definition) is 3. The van der Waals surface area contributed by atoms with Crippen LogP contribution in [0.2, 0.25) is 5.02 Å². The number of halogens is 3. The molecule has 0 aromatic heterocycles. The fourth-order valence-corrected chi connectivity index (χ4v) is 2.30. The van der Waals surface area contributed by atoms with Gasteiger partial charge in [0.2, 0.25) is 0 Å². The minimum atomic E-state index is -3.92. The number of carbonyl (C=O) groups is 1. The Morgan fingerprint density at radius 2 is 2.10 bits per heavy atom. The lowest BCUT2D eigenvalue weighted by Crippen LogP contribution is -2.54. The maximum absolute atomic E-state index is 13.8. The zero-order chi connectivity index (χ0) is 15.5. The normalized spacial score (nSPS) is 22.7. The van der Waals surface area contributed by atoms with Gasteiger partial charge in [0.15, 0.2) is 0 Å². The van der Waals surface area contributed by atoms with E-state index < -0.39 is 12.0 Å². The second kappa shape index (κ2) is 6.58. The highest BCUT2D eigenvalue weighted by Gasteiger charge is 2.43. The van der Waals surface area contributed by atoms with Crippen LogP contribution in [0.15, 0.2) is 24.3 Å². The van der Waals surface area contributed by atoms with Crippen molar-refractivity contribution in [3.8, 4) is 5.75 Å².